The standard InChI is InChI=1S/C38H50N2O9.ClH/c1-7-29(27-23-34(45-4)36(47-6)35(24-27)46-5)37(41)40-19-9-8-13-30(40)38(42)49-31(26-11-10-12-28(22-26)48-20-18-39)16-14-25-15-17-32(43-2)33(21-25)44-3;/h10-12,15,17,21-24,29-31H,7-9,13-14,16,18-20,39H2,1-6H3;1H/t29-,30-,31+;/m0./s1. The van der Waals surface area contributed by atoms with E-state index in [1.165, 1.54) is 7.11 Å². The number of esters is 1. The molecule has 0 spiro atoms. The molecule has 3 aromatic rings. The van der Waals surface area contributed by atoms with Crippen LogP contribution in [0.3, 0.4) is 0 Å². The number of nitrogens with two attached hydrogens (primary N) is 1. The fraction of sp³-hybridized carbons (Fsp3) is 0.474. The molecule has 1 amide bonds. The van der Waals surface area contributed by atoms with Gasteiger partial charge in [0.05, 0.1) is 41.5 Å². The fourth-order valence-electron chi connectivity index (χ4n) is 6.32. The Morgan fingerprint density at radius 2 is 1.54 bits per heavy atom. The number of carbonyl (C=O) groups is 2. The van der Waals surface area contributed by atoms with Gasteiger partial charge in [-0.15, -0.1) is 12.4 Å². The molecule has 3 aromatic carbocycles. The third kappa shape index (κ3) is 9.66. The Morgan fingerprint density at radius 3 is 2.16 bits per heavy atom. The van der Waals surface area contributed by atoms with Gasteiger partial charge in [0.2, 0.25) is 11.7 Å². The molecule has 274 valence electrons. The minimum Gasteiger partial charge on any atom is -0.493 e. The smallest absolute Gasteiger partial charge is 0.329 e. The highest BCUT2D eigenvalue weighted by Crippen LogP contribution is 2.41. The molecule has 1 heterocycles. The number of rotatable bonds is 17. The van der Waals surface area contributed by atoms with Crippen molar-refractivity contribution < 1.29 is 42.7 Å². The van der Waals surface area contributed by atoms with Gasteiger partial charge >= 0.3 is 5.97 Å². The van der Waals surface area contributed by atoms with Crippen LogP contribution in [0.1, 0.15) is 67.7 Å². The second kappa shape index (κ2) is 19.7. The Balaban J connectivity index is 0.00000676. The van der Waals surface area contributed by atoms with Crippen molar-refractivity contribution in [3.05, 3.63) is 71.3 Å². The number of amides is 1. The first-order valence-corrected chi connectivity index (χ1v) is 16.8. The molecule has 12 heteroatoms. The lowest BCUT2D eigenvalue weighted by molar-refractivity contribution is -0.162. The highest BCUT2D eigenvalue weighted by molar-refractivity contribution is 5.89. The van der Waals surface area contributed by atoms with E-state index in [0.717, 1.165) is 29.5 Å². The zero-order valence-electron chi connectivity index (χ0n) is 29.9. The Bertz CT molecular complexity index is 1530. The summed E-state index contributed by atoms with van der Waals surface area (Å²) in [5.41, 5.74) is 8.18. The van der Waals surface area contributed by atoms with Crippen LogP contribution in [0, 0.1) is 0 Å². The largest absolute Gasteiger partial charge is 0.493 e. The van der Waals surface area contributed by atoms with Crippen LogP contribution in [-0.2, 0) is 20.7 Å². The van der Waals surface area contributed by atoms with Gasteiger partial charge in [-0.05, 0) is 91.6 Å². The van der Waals surface area contributed by atoms with Gasteiger partial charge < -0.3 is 43.8 Å². The third-order valence-corrected chi connectivity index (χ3v) is 8.87. The number of likely N-dealkylation sites (tertiary alicyclic amines) is 1. The van der Waals surface area contributed by atoms with Crippen LogP contribution in [-0.4, -0.2) is 78.1 Å². The predicted octanol–water partition coefficient (Wildman–Crippen LogP) is 6.28. The minimum absolute atomic E-state index is 0. The van der Waals surface area contributed by atoms with Crippen LogP contribution >= 0.6 is 12.4 Å². The Morgan fingerprint density at radius 1 is 0.840 bits per heavy atom. The maximum atomic E-state index is 14.3. The van der Waals surface area contributed by atoms with Crippen LogP contribution < -0.4 is 34.2 Å². The van der Waals surface area contributed by atoms with Gasteiger partial charge in [0.15, 0.2) is 23.0 Å². The van der Waals surface area contributed by atoms with E-state index >= 15 is 0 Å². The molecule has 11 nitrogen and oxygen atoms in total. The lowest BCUT2D eigenvalue weighted by Gasteiger charge is -2.37. The molecule has 50 heavy (non-hydrogen) atoms. The van der Waals surface area contributed by atoms with Crippen LogP contribution in [0.2, 0.25) is 0 Å². The summed E-state index contributed by atoms with van der Waals surface area (Å²) in [6.45, 7) is 3.15. The number of halogens is 1. The van der Waals surface area contributed by atoms with Gasteiger partial charge in [0.25, 0.3) is 0 Å². The first-order chi connectivity index (χ1) is 23.8. The highest BCUT2D eigenvalue weighted by atomic mass is 35.5. The lowest BCUT2D eigenvalue weighted by atomic mass is 9.91. The molecule has 0 bridgehead atoms. The van der Waals surface area contributed by atoms with Crippen molar-refractivity contribution in [3.63, 3.8) is 0 Å². The average Bonchev–Trinajstić information content (AvgIpc) is 3.15. The number of carbonyl (C=O) groups excluding carboxylic acids is 2. The van der Waals surface area contributed by atoms with E-state index in [4.69, 9.17) is 38.9 Å². The molecule has 3 atom stereocenters. The van der Waals surface area contributed by atoms with Gasteiger partial charge in [-0.3, -0.25) is 4.79 Å². The summed E-state index contributed by atoms with van der Waals surface area (Å²) < 4.78 is 39.6. The summed E-state index contributed by atoms with van der Waals surface area (Å²) in [7, 11) is 7.82. The predicted molar refractivity (Wildman–Crippen MR) is 193 cm³/mol. The summed E-state index contributed by atoms with van der Waals surface area (Å²) in [6.07, 6.45) is 3.12. The first-order valence-electron chi connectivity index (χ1n) is 16.8. The van der Waals surface area contributed by atoms with Crippen molar-refractivity contribution in [2.75, 3.05) is 55.2 Å². The van der Waals surface area contributed by atoms with Gasteiger partial charge in [0.1, 0.15) is 24.5 Å². The van der Waals surface area contributed by atoms with Crippen molar-refractivity contribution in [1.82, 2.24) is 4.90 Å². The second-order valence-electron chi connectivity index (χ2n) is 11.8. The van der Waals surface area contributed by atoms with Crippen LogP contribution in [0.25, 0.3) is 0 Å². The van der Waals surface area contributed by atoms with E-state index < -0.39 is 24.0 Å². The van der Waals surface area contributed by atoms with Gasteiger partial charge in [-0.1, -0.05) is 25.1 Å². The van der Waals surface area contributed by atoms with Gasteiger partial charge in [-0.25, -0.2) is 4.79 Å². The van der Waals surface area contributed by atoms with Crippen molar-refractivity contribution in [1.29, 1.82) is 0 Å². The SMILES string of the molecule is CC[C@H](C(=O)N1CCCC[C@H]1C(=O)O[C@H](CCc1ccc(OC)c(OC)c1)c1cccc(OCCN)c1)c1cc(OC)c(OC)c(OC)c1.Cl. The fourth-order valence-corrected chi connectivity index (χ4v) is 6.32. The summed E-state index contributed by atoms with van der Waals surface area (Å²) in [6, 6.07) is 16.2. The van der Waals surface area contributed by atoms with Crippen molar-refractivity contribution in [2.24, 2.45) is 5.73 Å². The molecule has 1 fully saturated rings. The van der Waals surface area contributed by atoms with Crippen LogP contribution in [0.4, 0.5) is 0 Å². The number of piperidine rings is 1. The summed E-state index contributed by atoms with van der Waals surface area (Å²) in [4.78, 5) is 30.1. The second-order valence-corrected chi connectivity index (χ2v) is 11.8. The van der Waals surface area contributed by atoms with Crippen molar-refractivity contribution in [2.45, 2.75) is 63.5 Å². The van der Waals surface area contributed by atoms with E-state index in [9.17, 15) is 9.59 Å². The molecule has 1 aliphatic heterocycles. The summed E-state index contributed by atoms with van der Waals surface area (Å²) in [5, 5.41) is 0. The lowest BCUT2D eigenvalue weighted by Crippen LogP contribution is -2.50. The van der Waals surface area contributed by atoms with E-state index in [0.29, 0.717) is 79.9 Å². The Labute approximate surface area is 301 Å². The van der Waals surface area contributed by atoms with Crippen LogP contribution in [0.15, 0.2) is 54.6 Å². The number of hydrogen-bond donors (Lipinski definition) is 1. The molecule has 0 radical (unpaired) electrons. The van der Waals surface area contributed by atoms with E-state index in [1.54, 1.807) is 45.5 Å². The monoisotopic (exact) mass is 714 g/mol. The third-order valence-electron chi connectivity index (χ3n) is 8.87. The average molecular weight is 715 g/mol. The number of ether oxygens (including phenoxy) is 7. The first kappa shape index (κ1) is 40.1. The van der Waals surface area contributed by atoms with E-state index in [2.05, 4.69) is 0 Å². The number of methoxy groups -OCH3 is 5. The molecular formula is C38H51ClN2O9. The van der Waals surface area contributed by atoms with E-state index in [1.807, 2.05) is 49.4 Å². The molecular weight excluding hydrogens is 664 g/mol. The van der Waals surface area contributed by atoms with Crippen molar-refractivity contribution in [3.8, 4) is 34.5 Å². The molecule has 0 aliphatic carbocycles. The maximum absolute atomic E-state index is 14.3. The molecule has 1 aliphatic rings. The molecule has 0 aromatic heterocycles. The maximum Gasteiger partial charge on any atom is 0.329 e. The topological polar surface area (TPSA) is 128 Å². The molecule has 1 saturated heterocycles. The zero-order chi connectivity index (χ0) is 35.3. The van der Waals surface area contributed by atoms with Gasteiger partial charge in [0, 0.05) is 13.1 Å². The number of hydrogen-bond acceptors (Lipinski definition) is 10. The summed E-state index contributed by atoms with van der Waals surface area (Å²) in [5.74, 6) is 2.18. The molecule has 0 unspecified atom stereocenters. The molecule has 0 saturated carbocycles. The molecule has 2 N–H and O–H groups in total. The highest BCUT2D eigenvalue weighted by Gasteiger charge is 2.38. The zero-order valence-corrected chi connectivity index (χ0v) is 30.7. The summed E-state index contributed by atoms with van der Waals surface area (Å²) >= 11 is 0. The molecule has 4 rings (SSSR count). The minimum atomic E-state index is -0.724. The van der Waals surface area contributed by atoms with Crippen LogP contribution in [0.5, 0.6) is 34.5 Å². The number of nitrogens with zero attached hydrogens (tertiary/aromatic N) is 1. The van der Waals surface area contributed by atoms with Crippen molar-refractivity contribution >= 4 is 24.3 Å². The normalized spacial score (nSPS) is 15.2. The van der Waals surface area contributed by atoms with Gasteiger partial charge in [-0.2, -0.15) is 0 Å². The van der Waals surface area contributed by atoms with E-state index in [-0.39, 0.29) is 18.3 Å². The Hall–Kier alpha value is -4.35. The number of aryl methyl sites for hydroxylation is 1. The Kier molecular flexibility index (Phi) is 15.8. The quantitative estimate of drug-likeness (QED) is 0.160. The number of benzene rings is 3.